The van der Waals surface area contributed by atoms with E-state index in [0.717, 1.165) is 11.8 Å². The maximum atomic E-state index is 12.4. The van der Waals surface area contributed by atoms with Crippen LogP contribution in [0.15, 0.2) is 41.8 Å². The molecule has 0 radical (unpaired) electrons. The number of para-hydroxylation sites is 1. The molecule has 21 heavy (non-hydrogen) atoms. The van der Waals surface area contributed by atoms with Crippen LogP contribution in [0, 0.1) is 0 Å². The fourth-order valence-electron chi connectivity index (χ4n) is 1.73. The van der Waals surface area contributed by atoms with Crippen molar-refractivity contribution in [1.82, 2.24) is 4.90 Å². The van der Waals surface area contributed by atoms with Crippen LogP contribution in [0.25, 0.3) is 6.08 Å². The van der Waals surface area contributed by atoms with E-state index in [0.29, 0.717) is 21.3 Å². The number of rotatable bonds is 5. The Morgan fingerprint density at radius 3 is 2.81 bits per heavy atom. The Hall–Kier alpha value is -1.73. The molecule has 3 nitrogen and oxygen atoms in total. The quantitative estimate of drug-likeness (QED) is 0.469. The summed E-state index contributed by atoms with van der Waals surface area (Å²) in [4.78, 5) is 13.9. The maximum absolute atomic E-state index is 12.4. The Morgan fingerprint density at radius 2 is 2.14 bits per heavy atom. The zero-order chi connectivity index (χ0) is 15.4. The number of thioether (sulfide) groups is 1. The molecule has 1 aromatic carbocycles. The van der Waals surface area contributed by atoms with Crippen molar-refractivity contribution in [3.63, 3.8) is 0 Å². The third kappa shape index (κ3) is 3.68. The molecular weight excluding hydrogens is 316 g/mol. The summed E-state index contributed by atoms with van der Waals surface area (Å²) in [5, 5.41) is 0. The number of hydrogen-bond acceptors (Lipinski definition) is 4. The number of ether oxygens (including phenoxy) is 1. The van der Waals surface area contributed by atoms with Gasteiger partial charge in [0.1, 0.15) is 10.1 Å². The molecule has 0 atom stereocenters. The smallest absolute Gasteiger partial charge is 0.387 e. The Kier molecular flexibility index (Phi) is 5.08. The number of halogens is 2. The summed E-state index contributed by atoms with van der Waals surface area (Å²) in [6.45, 7) is 0.958. The van der Waals surface area contributed by atoms with Crippen molar-refractivity contribution in [3.8, 4) is 5.75 Å². The molecule has 0 spiro atoms. The molecule has 0 aromatic heterocycles. The lowest BCUT2D eigenvalue weighted by Gasteiger charge is -2.10. The highest BCUT2D eigenvalue weighted by atomic mass is 32.2. The maximum Gasteiger partial charge on any atom is 0.387 e. The van der Waals surface area contributed by atoms with Crippen molar-refractivity contribution in [2.24, 2.45) is 0 Å². The molecule has 1 aromatic rings. The van der Waals surface area contributed by atoms with Gasteiger partial charge in [-0.25, -0.2) is 0 Å². The Labute approximate surface area is 130 Å². The number of hydrogen-bond donors (Lipinski definition) is 0. The average molecular weight is 327 g/mol. The van der Waals surface area contributed by atoms with E-state index in [1.165, 1.54) is 17.0 Å². The summed E-state index contributed by atoms with van der Waals surface area (Å²) in [6.07, 6.45) is 3.07. The molecule has 1 aliphatic rings. The molecule has 0 N–H and O–H groups in total. The van der Waals surface area contributed by atoms with Crippen LogP contribution in [-0.4, -0.2) is 28.3 Å². The highest BCUT2D eigenvalue weighted by Gasteiger charge is 2.31. The second kappa shape index (κ2) is 6.82. The van der Waals surface area contributed by atoms with Crippen LogP contribution in [-0.2, 0) is 4.79 Å². The van der Waals surface area contributed by atoms with Gasteiger partial charge < -0.3 is 4.74 Å². The molecular formula is C14H11F2NO2S2. The first kappa shape index (κ1) is 15.7. The number of carbonyl (C=O) groups excluding carboxylic acids is 1. The second-order valence-corrected chi connectivity index (χ2v) is 5.67. The van der Waals surface area contributed by atoms with Crippen molar-refractivity contribution in [2.75, 3.05) is 6.54 Å². The van der Waals surface area contributed by atoms with E-state index in [9.17, 15) is 13.6 Å². The number of benzene rings is 1. The summed E-state index contributed by atoms with van der Waals surface area (Å²) in [6, 6.07) is 6.27. The third-order valence-electron chi connectivity index (χ3n) is 2.61. The highest BCUT2D eigenvalue weighted by molar-refractivity contribution is 8.26. The van der Waals surface area contributed by atoms with Gasteiger partial charge in [0, 0.05) is 12.1 Å². The van der Waals surface area contributed by atoms with E-state index in [4.69, 9.17) is 12.2 Å². The van der Waals surface area contributed by atoms with Crippen molar-refractivity contribution in [1.29, 1.82) is 0 Å². The molecule has 1 fully saturated rings. The van der Waals surface area contributed by atoms with E-state index in [-0.39, 0.29) is 11.7 Å². The molecule has 1 amide bonds. The molecule has 1 aliphatic heterocycles. The Bertz CT molecular complexity index is 617. The van der Waals surface area contributed by atoms with Crippen LogP contribution in [0.1, 0.15) is 5.56 Å². The zero-order valence-electron chi connectivity index (χ0n) is 10.8. The first-order valence-corrected chi connectivity index (χ1v) is 7.15. The van der Waals surface area contributed by atoms with Gasteiger partial charge in [0.2, 0.25) is 0 Å². The van der Waals surface area contributed by atoms with Gasteiger partial charge in [-0.2, -0.15) is 8.78 Å². The number of carbonyl (C=O) groups is 1. The molecule has 1 heterocycles. The first-order chi connectivity index (χ1) is 10.0. The lowest BCUT2D eigenvalue weighted by molar-refractivity contribution is -0.121. The van der Waals surface area contributed by atoms with Gasteiger partial charge in [-0.15, -0.1) is 6.58 Å². The minimum absolute atomic E-state index is 0.0153. The first-order valence-electron chi connectivity index (χ1n) is 5.93. The van der Waals surface area contributed by atoms with E-state index >= 15 is 0 Å². The molecule has 0 bridgehead atoms. The van der Waals surface area contributed by atoms with E-state index < -0.39 is 6.61 Å². The molecule has 1 saturated heterocycles. The molecule has 2 rings (SSSR count). The van der Waals surface area contributed by atoms with Gasteiger partial charge >= 0.3 is 6.61 Å². The summed E-state index contributed by atoms with van der Waals surface area (Å²) < 4.78 is 29.6. The Morgan fingerprint density at radius 1 is 1.43 bits per heavy atom. The van der Waals surface area contributed by atoms with Crippen LogP contribution in [0.5, 0.6) is 5.75 Å². The number of alkyl halides is 2. The minimum atomic E-state index is -2.92. The van der Waals surface area contributed by atoms with Gasteiger partial charge in [0.05, 0.1) is 4.91 Å². The second-order valence-electron chi connectivity index (χ2n) is 4.00. The zero-order valence-corrected chi connectivity index (χ0v) is 12.4. The van der Waals surface area contributed by atoms with Gasteiger partial charge in [-0.1, -0.05) is 48.3 Å². The number of amides is 1. The van der Waals surface area contributed by atoms with Crippen molar-refractivity contribution < 1.29 is 18.3 Å². The standard InChI is InChI=1S/C14H11F2NO2S2/c1-2-7-17-12(18)11(21-14(17)20)8-9-5-3-4-6-10(9)19-13(15)16/h2-6,8,13H,1,7H2/b11-8-. The number of thiocarbonyl (C=S) groups is 1. The SMILES string of the molecule is C=CCN1C(=O)/C(=C/c2ccccc2OC(F)F)SC1=S. The molecule has 0 unspecified atom stereocenters. The van der Waals surface area contributed by atoms with Crippen molar-refractivity contribution >= 4 is 40.3 Å². The van der Waals surface area contributed by atoms with Gasteiger partial charge in [0.25, 0.3) is 5.91 Å². The summed E-state index contributed by atoms with van der Waals surface area (Å²) in [7, 11) is 0. The monoisotopic (exact) mass is 327 g/mol. The summed E-state index contributed by atoms with van der Waals surface area (Å²) >= 11 is 6.23. The third-order valence-corrected chi connectivity index (χ3v) is 3.98. The normalized spacial score (nSPS) is 16.9. The summed E-state index contributed by atoms with van der Waals surface area (Å²) in [5.74, 6) is -0.252. The predicted molar refractivity (Wildman–Crippen MR) is 83.2 cm³/mol. The largest absolute Gasteiger partial charge is 0.434 e. The summed E-state index contributed by atoms with van der Waals surface area (Å²) in [5.41, 5.74) is 0.400. The van der Waals surface area contributed by atoms with Crippen LogP contribution >= 0.6 is 24.0 Å². The van der Waals surface area contributed by atoms with E-state index in [2.05, 4.69) is 11.3 Å². The highest BCUT2D eigenvalue weighted by Crippen LogP contribution is 2.34. The molecule has 0 aliphatic carbocycles. The molecule has 7 heteroatoms. The van der Waals surface area contributed by atoms with Crippen molar-refractivity contribution in [3.05, 3.63) is 47.4 Å². The Balaban J connectivity index is 2.30. The lowest BCUT2D eigenvalue weighted by atomic mass is 10.2. The van der Waals surface area contributed by atoms with E-state index in [1.807, 2.05) is 0 Å². The van der Waals surface area contributed by atoms with Crippen LogP contribution in [0.3, 0.4) is 0 Å². The van der Waals surface area contributed by atoms with Crippen LogP contribution < -0.4 is 4.74 Å². The van der Waals surface area contributed by atoms with Gasteiger partial charge in [-0.3, -0.25) is 9.69 Å². The minimum Gasteiger partial charge on any atom is -0.434 e. The van der Waals surface area contributed by atoms with Crippen molar-refractivity contribution in [2.45, 2.75) is 6.61 Å². The van der Waals surface area contributed by atoms with Crippen LogP contribution in [0.4, 0.5) is 8.78 Å². The fourth-order valence-corrected chi connectivity index (χ4v) is 3.00. The van der Waals surface area contributed by atoms with Gasteiger partial charge in [0.15, 0.2) is 0 Å². The van der Waals surface area contributed by atoms with E-state index in [1.54, 1.807) is 24.3 Å². The fraction of sp³-hybridized carbons (Fsp3) is 0.143. The predicted octanol–water partition coefficient (Wildman–Crippen LogP) is 3.68. The topological polar surface area (TPSA) is 29.5 Å². The average Bonchev–Trinajstić information content (AvgIpc) is 2.69. The molecule has 110 valence electrons. The number of nitrogens with zero attached hydrogens (tertiary/aromatic N) is 1. The lowest BCUT2D eigenvalue weighted by Crippen LogP contribution is -2.27. The molecule has 0 saturated carbocycles. The van der Waals surface area contributed by atoms with Gasteiger partial charge in [-0.05, 0) is 12.1 Å². The van der Waals surface area contributed by atoms with Crippen LogP contribution in [0.2, 0.25) is 0 Å².